The Hall–Kier alpha value is -1.16. The monoisotopic (exact) mass is 680 g/mol. The van der Waals surface area contributed by atoms with Gasteiger partial charge in [-0.2, -0.15) is 0 Å². The molecule has 3 rings (SSSR count). The van der Waals surface area contributed by atoms with Crippen LogP contribution in [0.1, 0.15) is 206 Å². The number of rotatable bonds is 30. The highest BCUT2D eigenvalue weighted by Crippen LogP contribution is 2.52. The van der Waals surface area contributed by atoms with Gasteiger partial charge in [-0.15, -0.1) is 0 Å². The van der Waals surface area contributed by atoms with Gasteiger partial charge in [-0.05, 0) is 95.3 Å². The minimum Gasteiger partial charge on any atom is -0.343 e. The highest BCUT2D eigenvalue weighted by atomic mass is 16.8. The molecular weight excluding hydrogens is 599 g/mol. The second-order valence-corrected chi connectivity index (χ2v) is 16.1. The minimum absolute atomic E-state index is 0.264. The van der Waals surface area contributed by atoms with Crippen molar-refractivity contribution in [1.29, 1.82) is 0 Å². The Balaban J connectivity index is 1.25. The van der Waals surface area contributed by atoms with Gasteiger partial charge < -0.3 is 14.8 Å². The molecule has 0 aromatic rings. The van der Waals surface area contributed by atoms with E-state index in [2.05, 4.69) is 67.8 Å². The lowest BCUT2D eigenvalue weighted by Crippen LogP contribution is -2.42. The van der Waals surface area contributed by atoms with Crippen LogP contribution in [0.3, 0.4) is 0 Å². The van der Waals surface area contributed by atoms with Crippen molar-refractivity contribution in [3.63, 3.8) is 0 Å². The lowest BCUT2D eigenvalue weighted by atomic mass is 9.66. The normalized spacial score (nSPS) is 21.8. The van der Waals surface area contributed by atoms with Crippen LogP contribution in [0.15, 0.2) is 48.6 Å². The Morgan fingerprint density at radius 2 is 0.816 bits per heavy atom. The molecule has 282 valence electrons. The molecule has 2 heterocycles. The van der Waals surface area contributed by atoms with Crippen LogP contribution in [0, 0.1) is 5.41 Å². The third-order valence-electron chi connectivity index (χ3n) is 11.7. The van der Waals surface area contributed by atoms with E-state index in [4.69, 9.17) is 9.47 Å². The van der Waals surface area contributed by atoms with Crippen molar-refractivity contribution in [2.45, 2.75) is 224 Å². The number of hydrogen-bond acceptors (Lipinski definition) is 3. The van der Waals surface area contributed by atoms with Crippen LogP contribution in [0.5, 0.6) is 0 Å². The van der Waals surface area contributed by atoms with E-state index in [1.165, 1.54) is 167 Å². The number of fused-ring (bicyclic) bond motifs is 1. The average Bonchev–Trinajstić information content (AvgIpc) is 3.69. The average molecular weight is 680 g/mol. The van der Waals surface area contributed by atoms with Crippen LogP contribution in [0.25, 0.3) is 0 Å². The SMILES string of the molecule is CCCCC/C=C\C/C=C\CCCCCCCCC1(CCCCCCCC/C=C\C/C=C\CCCCC)CCC2(CC1)O[C@H]1CNC[C@H]1O2. The largest absolute Gasteiger partial charge is 0.343 e. The topological polar surface area (TPSA) is 30.5 Å². The Kier molecular flexibility index (Phi) is 23.7. The fraction of sp³-hybridized carbons (Fsp3) is 0.826. The third kappa shape index (κ3) is 18.8. The highest BCUT2D eigenvalue weighted by molar-refractivity contribution is 4.98. The van der Waals surface area contributed by atoms with Gasteiger partial charge in [0.2, 0.25) is 0 Å². The Morgan fingerprint density at radius 3 is 1.22 bits per heavy atom. The van der Waals surface area contributed by atoms with Crippen molar-refractivity contribution >= 4 is 0 Å². The zero-order valence-corrected chi connectivity index (χ0v) is 32.7. The first-order chi connectivity index (χ1) is 24.2. The molecule has 3 aliphatic rings. The molecule has 3 fully saturated rings. The van der Waals surface area contributed by atoms with Gasteiger partial charge in [0.25, 0.3) is 0 Å². The molecule has 2 atom stereocenters. The van der Waals surface area contributed by atoms with Crippen LogP contribution < -0.4 is 5.32 Å². The first-order valence-electron chi connectivity index (χ1n) is 21.9. The lowest BCUT2D eigenvalue weighted by Gasteiger charge is -2.44. The first kappa shape index (κ1) is 42.3. The molecule has 1 saturated carbocycles. The summed E-state index contributed by atoms with van der Waals surface area (Å²) in [5.74, 6) is -0.264. The number of nitrogens with one attached hydrogen (secondary N) is 1. The molecule has 1 spiro atoms. The summed E-state index contributed by atoms with van der Waals surface area (Å²) in [6.45, 7) is 6.49. The van der Waals surface area contributed by atoms with Crippen molar-refractivity contribution < 1.29 is 9.47 Å². The standard InChI is InChI=1S/C46H81NO2/c1-3-5-7-9-11-13-15-17-19-21-23-25-27-29-31-33-35-45(37-39-46(40-38-45)48-43-41-47-42-44(43)49-46)36-34-32-30-28-26-24-22-20-18-16-14-12-10-8-6-4-2/h11-14,17-20,43-44,47H,3-10,15-16,21-42H2,1-2H3/b13-11-,14-12-,19-17-,20-18-/t43-,44+. The van der Waals surface area contributed by atoms with E-state index < -0.39 is 0 Å². The molecule has 2 saturated heterocycles. The van der Waals surface area contributed by atoms with Gasteiger partial charge >= 0.3 is 0 Å². The summed E-state index contributed by atoms with van der Waals surface area (Å²) >= 11 is 0. The number of hydrogen-bond donors (Lipinski definition) is 1. The summed E-state index contributed by atoms with van der Waals surface area (Å²) in [6.07, 6.45) is 59.3. The summed E-state index contributed by atoms with van der Waals surface area (Å²) < 4.78 is 13.2. The molecule has 49 heavy (non-hydrogen) atoms. The lowest BCUT2D eigenvalue weighted by molar-refractivity contribution is -0.210. The Morgan fingerprint density at radius 1 is 0.449 bits per heavy atom. The molecule has 2 aliphatic heterocycles. The van der Waals surface area contributed by atoms with Gasteiger partial charge in [0.05, 0.1) is 0 Å². The number of ether oxygens (including phenoxy) is 2. The second kappa shape index (κ2) is 27.5. The molecule has 0 radical (unpaired) electrons. The molecule has 3 nitrogen and oxygen atoms in total. The van der Waals surface area contributed by atoms with E-state index in [0.717, 1.165) is 38.8 Å². The smallest absolute Gasteiger partial charge is 0.169 e. The van der Waals surface area contributed by atoms with Crippen LogP contribution >= 0.6 is 0 Å². The number of allylic oxidation sites excluding steroid dienone is 8. The fourth-order valence-corrected chi connectivity index (χ4v) is 8.44. The predicted octanol–water partition coefficient (Wildman–Crippen LogP) is 14.0. The zero-order valence-electron chi connectivity index (χ0n) is 32.7. The summed E-state index contributed by atoms with van der Waals surface area (Å²) in [5, 5.41) is 3.45. The van der Waals surface area contributed by atoms with Crippen molar-refractivity contribution in [3.05, 3.63) is 48.6 Å². The first-order valence-corrected chi connectivity index (χ1v) is 21.9. The van der Waals surface area contributed by atoms with E-state index in [-0.39, 0.29) is 18.0 Å². The predicted molar refractivity (Wildman–Crippen MR) is 214 cm³/mol. The van der Waals surface area contributed by atoms with Gasteiger partial charge in [-0.1, -0.05) is 152 Å². The maximum absolute atomic E-state index is 6.58. The molecule has 0 unspecified atom stereocenters. The maximum Gasteiger partial charge on any atom is 0.169 e. The van der Waals surface area contributed by atoms with Crippen LogP contribution in [0.2, 0.25) is 0 Å². The van der Waals surface area contributed by atoms with Crippen LogP contribution in [0.4, 0.5) is 0 Å². The summed E-state index contributed by atoms with van der Waals surface area (Å²) in [7, 11) is 0. The van der Waals surface area contributed by atoms with E-state index in [1.54, 1.807) is 0 Å². The molecule has 0 bridgehead atoms. The van der Waals surface area contributed by atoms with Crippen LogP contribution in [-0.2, 0) is 9.47 Å². The summed E-state index contributed by atoms with van der Waals surface area (Å²) in [5.41, 5.74) is 0.526. The van der Waals surface area contributed by atoms with Crippen molar-refractivity contribution in [2.24, 2.45) is 5.41 Å². The molecule has 0 aromatic carbocycles. The molecule has 0 amide bonds. The number of unbranched alkanes of at least 4 members (excludes halogenated alkanes) is 18. The third-order valence-corrected chi connectivity index (χ3v) is 11.7. The Labute approximate surface area is 305 Å². The quantitative estimate of drug-likeness (QED) is 0.0605. The van der Waals surface area contributed by atoms with Gasteiger partial charge in [0, 0.05) is 25.9 Å². The zero-order chi connectivity index (χ0) is 34.6. The van der Waals surface area contributed by atoms with Gasteiger partial charge in [-0.3, -0.25) is 0 Å². The molecule has 1 aliphatic carbocycles. The highest BCUT2D eigenvalue weighted by Gasteiger charge is 2.52. The molecular formula is C46H81NO2. The van der Waals surface area contributed by atoms with Gasteiger partial charge in [0.1, 0.15) is 12.2 Å². The van der Waals surface area contributed by atoms with E-state index >= 15 is 0 Å². The molecule has 3 heteroatoms. The maximum atomic E-state index is 6.58. The molecule has 0 aromatic heterocycles. The van der Waals surface area contributed by atoms with Crippen molar-refractivity contribution in [3.8, 4) is 0 Å². The van der Waals surface area contributed by atoms with E-state index in [0.29, 0.717) is 5.41 Å². The minimum atomic E-state index is -0.264. The second-order valence-electron chi connectivity index (χ2n) is 16.1. The molecule has 1 N–H and O–H groups in total. The van der Waals surface area contributed by atoms with Crippen molar-refractivity contribution in [1.82, 2.24) is 5.32 Å². The van der Waals surface area contributed by atoms with Gasteiger partial charge in [-0.25, -0.2) is 0 Å². The van der Waals surface area contributed by atoms with E-state index in [9.17, 15) is 0 Å². The van der Waals surface area contributed by atoms with Crippen LogP contribution in [-0.4, -0.2) is 31.1 Å². The summed E-state index contributed by atoms with van der Waals surface area (Å²) in [4.78, 5) is 0. The Bertz CT molecular complexity index is 831. The van der Waals surface area contributed by atoms with E-state index in [1.807, 2.05) is 0 Å². The van der Waals surface area contributed by atoms with Gasteiger partial charge in [0.15, 0.2) is 5.79 Å². The fourth-order valence-electron chi connectivity index (χ4n) is 8.44. The van der Waals surface area contributed by atoms with Crippen molar-refractivity contribution in [2.75, 3.05) is 13.1 Å². The summed E-state index contributed by atoms with van der Waals surface area (Å²) in [6, 6.07) is 0.